The predicted octanol–water partition coefficient (Wildman–Crippen LogP) is 4.13. The van der Waals surface area contributed by atoms with Gasteiger partial charge in [-0.15, -0.1) is 0 Å². The van der Waals surface area contributed by atoms with Gasteiger partial charge in [0.25, 0.3) is 10.0 Å². The lowest BCUT2D eigenvalue weighted by molar-refractivity contribution is 0.382. The van der Waals surface area contributed by atoms with Crippen molar-refractivity contribution in [1.29, 1.82) is 0 Å². The monoisotopic (exact) mass is 393 g/mol. The average molecular weight is 394 g/mol. The van der Waals surface area contributed by atoms with Gasteiger partial charge in [0.15, 0.2) is 5.44 Å². The largest absolute Gasteiger partial charge is 0.354 e. The normalized spacial score (nSPS) is 21.8. The maximum Gasteiger partial charge on any atom is 0.290 e. The molecule has 0 radical (unpaired) electrons. The molecule has 0 aromatic heterocycles. The highest BCUT2D eigenvalue weighted by molar-refractivity contribution is 8.03. The van der Waals surface area contributed by atoms with Crippen molar-refractivity contribution in [3.63, 3.8) is 0 Å². The Kier molecular flexibility index (Phi) is 5.50. The summed E-state index contributed by atoms with van der Waals surface area (Å²) in [7, 11) is -7.32. The standard InChI is InChI=1S/C19H23NO4S2/c1-3-4-10-18-19(24-18)25(21,16-8-6-5-7-9-16)20-26(22,23)17-13-11-15(2)12-14-17/h5-9,11-14,18-19H,3-4,10H2,1-2H3/t18-,19-,25?/m1/s1. The molecule has 0 aliphatic carbocycles. The van der Waals surface area contributed by atoms with Gasteiger partial charge < -0.3 is 4.74 Å². The zero-order chi connectivity index (χ0) is 18.8. The molecule has 0 amide bonds. The molecular formula is C19H23NO4S2. The van der Waals surface area contributed by atoms with E-state index in [4.69, 9.17) is 4.74 Å². The minimum atomic E-state index is -4.06. The quantitative estimate of drug-likeness (QED) is 0.663. The molecule has 2 aromatic rings. The second-order valence-electron chi connectivity index (χ2n) is 6.43. The van der Waals surface area contributed by atoms with Gasteiger partial charge in [0.1, 0.15) is 9.73 Å². The van der Waals surface area contributed by atoms with E-state index in [-0.39, 0.29) is 11.0 Å². The molecule has 2 aromatic carbocycles. The number of aryl methyl sites for hydroxylation is 1. The Balaban J connectivity index is 2.05. The molecule has 0 saturated carbocycles. The van der Waals surface area contributed by atoms with Crippen molar-refractivity contribution in [3.05, 3.63) is 60.2 Å². The predicted molar refractivity (Wildman–Crippen MR) is 102 cm³/mol. The van der Waals surface area contributed by atoms with Crippen molar-refractivity contribution in [2.75, 3.05) is 0 Å². The van der Waals surface area contributed by atoms with E-state index in [1.54, 1.807) is 42.5 Å². The summed E-state index contributed by atoms with van der Waals surface area (Å²) in [5.74, 6) is 0. The number of benzene rings is 2. The van der Waals surface area contributed by atoms with Crippen molar-refractivity contribution in [2.24, 2.45) is 3.77 Å². The first-order valence-electron chi connectivity index (χ1n) is 8.66. The Morgan fingerprint density at radius 1 is 0.962 bits per heavy atom. The van der Waals surface area contributed by atoms with Crippen molar-refractivity contribution < 1.29 is 17.4 Å². The molecule has 26 heavy (non-hydrogen) atoms. The van der Waals surface area contributed by atoms with E-state index < -0.39 is 25.2 Å². The molecule has 7 heteroatoms. The number of hydrogen-bond acceptors (Lipinski definition) is 4. The lowest BCUT2D eigenvalue weighted by atomic mass is 10.2. The number of epoxide rings is 1. The first kappa shape index (κ1) is 19.1. The number of ether oxygens (including phenoxy) is 1. The van der Waals surface area contributed by atoms with Crippen LogP contribution in [0.25, 0.3) is 0 Å². The molecule has 140 valence electrons. The Morgan fingerprint density at radius 3 is 2.23 bits per heavy atom. The van der Waals surface area contributed by atoms with Gasteiger partial charge in [-0.25, -0.2) is 4.21 Å². The fourth-order valence-corrected chi connectivity index (χ4v) is 7.08. The van der Waals surface area contributed by atoms with Gasteiger partial charge in [-0.2, -0.15) is 8.42 Å². The van der Waals surface area contributed by atoms with Crippen LogP contribution >= 0.6 is 0 Å². The van der Waals surface area contributed by atoms with Gasteiger partial charge in [-0.05, 0) is 37.6 Å². The third-order valence-corrected chi connectivity index (χ3v) is 8.83. The summed E-state index contributed by atoms with van der Waals surface area (Å²) in [4.78, 5) is 0.428. The molecule has 5 nitrogen and oxygen atoms in total. The summed E-state index contributed by atoms with van der Waals surface area (Å²) in [5, 5.41) is 0. The van der Waals surface area contributed by atoms with E-state index >= 15 is 0 Å². The van der Waals surface area contributed by atoms with Gasteiger partial charge in [-0.1, -0.05) is 59.4 Å². The zero-order valence-corrected chi connectivity index (χ0v) is 16.5. The molecule has 1 saturated heterocycles. The molecular weight excluding hydrogens is 370 g/mol. The molecule has 3 rings (SSSR count). The maximum atomic E-state index is 13.7. The fraction of sp³-hybridized carbons (Fsp3) is 0.368. The molecule has 3 atom stereocenters. The van der Waals surface area contributed by atoms with Gasteiger partial charge in [0.05, 0.1) is 15.9 Å². The second kappa shape index (κ2) is 7.50. The summed E-state index contributed by atoms with van der Waals surface area (Å²) in [6.07, 6.45) is 2.48. The summed E-state index contributed by atoms with van der Waals surface area (Å²) < 4.78 is 48.8. The van der Waals surface area contributed by atoms with Crippen LogP contribution in [0, 0.1) is 6.92 Å². The lowest BCUT2D eigenvalue weighted by Gasteiger charge is -2.09. The van der Waals surface area contributed by atoms with Crippen LogP contribution in [0.4, 0.5) is 0 Å². The summed E-state index contributed by atoms with van der Waals surface area (Å²) >= 11 is 0. The molecule has 0 spiro atoms. The van der Waals surface area contributed by atoms with Crippen molar-refractivity contribution >= 4 is 19.8 Å². The van der Waals surface area contributed by atoms with Crippen molar-refractivity contribution in [1.82, 2.24) is 0 Å². The van der Waals surface area contributed by atoms with Crippen LogP contribution in [0.5, 0.6) is 0 Å². The minimum absolute atomic E-state index is 0.0394. The molecule has 1 unspecified atom stereocenters. The topological polar surface area (TPSA) is 76.1 Å². The van der Waals surface area contributed by atoms with Crippen molar-refractivity contribution in [2.45, 2.75) is 54.4 Å². The number of hydrogen-bond donors (Lipinski definition) is 0. The average Bonchev–Trinajstić information content (AvgIpc) is 3.41. The van der Waals surface area contributed by atoms with Crippen LogP contribution in [0.15, 0.2) is 68.2 Å². The smallest absolute Gasteiger partial charge is 0.290 e. The highest BCUT2D eigenvalue weighted by atomic mass is 32.3. The third-order valence-electron chi connectivity index (χ3n) is 4.30. The van der Waals surface area contributed by atoms with Crippen LogP contribution < -0.4 is 0 Å². The Bertz CT molecular complexity index is 976. The fourth-order valence-electron chi connectivity index (χ4n) is 2.75. The number of sulfonamides is 1. The molecule has 1 fully saturated rings. The van der Waals surface area contributed by atoms with E-state index in [0.29, 0.717) is 4.90 Å². The first-order valence-corrected chi connectivity index (χ1v) is 11.7. The Hall–Kier alpha value is -1.70. The van der Waals surface area contributed by atoms with E-state index in [0.717, 1.165) is 24.8 Å². The SMILES string of the molecule is CCCC[C@H]1O[C@@H]1S(=O)(=NS(=O)(=O)c1ccc(C)cc1)c1ccccc1. The van der Waals surface area contributed by atoms with Gasteiger partial charge >= 0.3 is 0 Å². The summed E-state index contributed by atoms with van der Waals surface area (Å²) in [5.41, 5.74) is 0.259. The van der Waals surface area contributed by atoms with Crippen molar-refractivity contribution in [3.8, 4) is 0 Å². The number of nitrogens with zero attached hydrogens (tertiary/aromatic N) is 1. The van der Waals surface area contributed by atoms with E-state index in [1.807, 2.05) is 6.92 Å². The zero-order valence-electron chi connectivity index (χ0n) is 14.9. The number of unbranched alkanes of at least 4 members (excludes halogenated alkanes) is 1. The van der Waals surface area contributed by atoms with Crippen LogP contribution in [-0.4, -0.2) is 24.2 Å². The Morgan fingerprint density at radius 2 is 1.62 bits per heavy atom. The van der Waals surface area contributed by atoms with E-state index in [9.17, 15) is 12.6 Å². The summed E-state index contributed by atoms with van der Waals surface area (Å²) in [6.45, 7) is 3.94. The van der Waals surface area contributed by atoms with Gasteiger partial charge in [0.2, 0.25) is 0 Å². The molecule has 1 aliphatic rings. The Labute approximate surface area is 155 Å². The van der Waals surface area contributed by atoms with Gasteiger partial charge in [0, 0.05) is 0 Å². The molecule has 1 heterocycles. The van der Waals surface area contributed by atoms with Gasteiger partial charge in [-0.3, -0.25) is 0 Å². The van der Waals surface area contributed by atoms with Crippen LogP contribution in [0.1, 0.15) is 31.7 Å². The highest BCUT2D eigenvalue weighted by Gasteiger charge is 2.48. The molecule has 0 bridgehead atoms. The van der Waals surface area contributed by atoms with Crippen LogP contribution in [-0.2, 0) is 24.5 Å². The van der Waals surface area contributed by atoms with Crippen LogP contribution in [0.2, 0.25) is 0 Å². The number of rotatable bonds is 7. The maximum absolute atomic E-state index is 13.7. The molecule has 1 aliphatic heterocycles. The highest BCUT2D eigenvalue weighted by Crippen LogP contribution is 2.38. The minimum Gasteiger partial charge on any atom is -0.354 e. The molecule has 0 N–H and O–H groups in total. The first-order chi connectivity index (χ1) is 12.4. The van der Waals surface area contributed by atoms with E-state index in [1.165, 1.54) is 12.1 Å². The second-order valence-corrected chi connectivity index (χ2v) is 10.5. The third kappa shape index (κ3) is 4.00. The van der Waals surface area contributed by atoms with E-state index in [2.05, 4.69) is 10.7 Å². The summed E-state index contributed by atoms with van der Waals surface area (Å²) in [6, 6.07) is 14.9. The lowest BCUT2D eigenvalue weighted by Crippen LogP contribution is -2.14. The van der Waals surface area contributed by atoms with Crippen LogP contribution in [0.3, 0.4) is 0 Å².